The first-order chi connectivity index (χ1) is 24.2. The van der Waals surface area contributed by atoms with Gasteiger partial charge in [-0.25, -0.2) is 0 Å². The molecule has 0 saturated heterocycles. The Kier molecular flexibility index (Phi) is 7.02. The molecule has 6 nitrogen and oxygen atoms in total. The maximum Gasteiger partial charge on any atom is 0.121 e. The van der Waals surface area contributed by atoms with Crippen molar-refractivity contribution in [2.75, 3.05) is 0 Å². The number of aromatic nitrogens is 6. The molecule has 9 rings (SSSR count). The number of pyridine rings is 3. The van der Waals surface area contributed by atoms with E-state index in [1.807, 2.05) is 48.9 Å². The third-order valence-corrected chi connectivity index (χ3v) is 8.87. The second-order valence-corrected chi connectivity index (χ2v) is 12.0. The molecule has 5 aromatic carbocycles. The molecule has 0 spiro atoms. The molecule has 9 aromatic rings. The molecule has 0 unspecified atom stereocenters. The average molecular weight is 629 g/mol. The summed E-state index contributed by atoms with van der Waals surface area (Å²) in [6.45, 7) is 0. The number of rotatable bonds is 6. The number of hydrogen-bond acceptors (Lipinski definition) is 5. The number of fused-ring (bicyclic) bond motifs is 2. The molecule has 0 fully saturated rings. The van der Waals surface area contributed by atoms with Gasteiger partial charge in [0.25, 0.3) is 0 Å². The molecule has 4 heterocycles. The van der Waals surface area contributed by atoms with Gasteiger partial charge in [0.2, 0.25) is 0 Å². The third kappa shape index (κ3) is 5.51. The van der Waals surface area contributed by atoms with Crippen molar-refractivity contribution >= 4 is 21.9 Å². The summed E-state index contributed by atoms with van der Waals surface area (Å²) in [7, 11) is 0. The predicted octanol–water partition coefficient (Wildman–Crippen LogP) is 10.1. The van der Waals surface area contributed by atoms with Crippen LogP contribution in [-0.2, 0) is 0 Å². The van der Waals surface area contributed by atoms with Gasteiger partial charge in [0.1, 0.15) is 11.0 Å². The van der Waals surface area contributed by atoms with Gasteiger partial charge in [0, 0.05) is 58.6 Å². The quantitative estimate of drug-likeness (QED) is 0.183. The first-order valence-corrected chi connectivity index (χ1v) is 16.1. The second-order valence-electron chi connectivity index (χ2n) is 12.0. The summed E-state index contributed by atoms with van der Waals surface area (Å²) in [5, 5.41) is 11.2. The zero-order valence-corrected chi connectivity index (χ0v) is 26.3. The number of hydrogen-bond donors (Lipinski definition) is 0. The van der Waals surface area contributed by atoms with Crippen LogP contribution in [0.25, 0.3) is 83.3 Å². The van der Waals surface area contributed by atoms with Gasteiger partial charge in [-0.05, 0) is 94.0 Å². The molecule has 0 aliphatic heterocycles. The van der Waals surface area contributed by atoms with Crippen molar-refractivity contribution in [1.29, 1.82) is 0 Å². The van der Waals surface area contributed by atoms with E-state index < -0.39 is 0 Å². The zero-order chi connectivity index (χ0) is 32.6. The highest BCUT2D eigenvalue weighted by molar-refractivity contribution is 5.96. The monoisotopic (exact) mass is 628 g/mol. The van der Waals surface area contributed by atoms with Crippen molar-refractivity contribution in [1.82, 2.24) is 29.9 Å². The van der Waals surface area contributed by atoms with Crippen molar-refractivity contribution in [2.45, 2.75) is 0 Å². The Labute approximate surface area is 283 Å². The number of para-hydroxylation sites is 1. The molecule has 230 valence electrons. The first kappa shape index (κ1) is 28.4. The SMILES string of the molecule is c1cncc(-c2cccc(-c3cc(-c4cccc(-c5cccnc5)c4)c4nn(-c5ccc(-c6cnc7ccccc7c6)cc5)nc4c3)c2)c1. The van der Waals surface area contributed by atoms with Crippen LogP contribution in [0.1, 0.15) is 0 Å². The van der Waals surface area contributed by atoms with E-state index in [4.69, 9.17) is 10.2 Å². The van der Waals surface area contributed by atoms with Gasteiger partial charge in [0.15, 0.2) is 0 Å². The lowest BCUT2D eigenvalue weighted by Crippen LogP contribution is -1.98. The van der Waals surface area contributed by atoms with Crippen LogP contribution in [0.4, 0.5) is 0 Å². The Bertz CT molecular complexity index is 2590. The second kappa shape index (κ2) is 12.1. The highest BCUT2D eigenvalue weighted by atomic mass is 15.5. The van der Waals surface area contributed by atoms with Crippen LogP contribution < -0.4 is 0 Å². The van der Waals surface area contributed by atoms with Gasteiger partial charge in [0.05, 0.1) is 11.2 Å². The Hall–Kier alpha value is -6.79. The minimum Gasteiger partial charge on any atom is -0.264 e. The summed E-state index contributed by atoms with van der Waals surface area (Å²) >= 11 is 0. The van der Waals surface area contributed by atoms with E-state index in [1.165, 1.54) is 0 Å². The summed E-state index contributed by atoms with van der Waals surface area (Å²) in [4.78, 5) is 15.1. The smallest absolute Gasteiger partial charge is 0.121 e. The normalized spacial score (nSPS) is 11.3. The molecule has 0 aliphatic rings. The van der Waals surface area contributed by atoms with E-state index in [2.05, 4.69) is 124 Å². The minimum absolute atomic E-state index is 0.814. The van der Waals surface area contributed by atoms with Crippen LogP contribution in [0, 0.1) is 0 Å². The Balaban J connectivity index is 1.16. The maximum atomic E-state index is 5.08. The fourth-order valence-corrected chi connectivity index (χ4v) is 6.35. The Morgan fingerprint density at radius 3 is 1.76 bits per heavy atom. The lowest BCUT2D eigenvalue weighted by Gasteiger charge is -2.10. The van der Waals surface area contributed by atoms with Crippen LogP contribution in [0.2, 0.25) is 0 Å². The largest absolute Gasteiger partial charge is 0.264 e. The summed E-state index contributed by atoms with van der Waals surface area (Å²) in [6.07, 6.45) is 9.30. The molecule has 4 aromatic heterocycles. The Morgan fingerprint density at radius 1 is 0.388 bits per heavy atom. The fraction of sp³-hybridized carbons (Fsp3) is 0. The molecule has 0 bridgehead atoms. The zero-order valence-electron chi connectivity index (χ0n) is 26.3. The van der Waals surface area contributed by atoms with Gasteiger partial charge in [-0.3, -0.25) is 15.0 Å². The standard InChI is InChI=1S/C43H28N6/c1-2-14-41-34(7-1)23-38(28-46-41)29-15-17-39(18-16-29)49-47-42-25-37(32-10-3-8-30(21-32)35-12-5-19-44-26-35)24-40(43(42)48-49)33-11-4-9-31(22-33)36-13-6-20-45-27-36/h1-28H. The number of benzene rings is 5. The van der Waals surface area contributed by atoms with E-state index in [1.54, 1.807) is 17.2 Å². The highest BCUT2D eigenvalue weighted by Crippen LogP contribution is 2.36. The lowest BCUT2D eigenvalue weighted by molar-refractivity contribution is 0.766. The molecular formula is C43H28N6. The van der Waals surface area contributed by atoms with Crippen LogP contribution >= 0.6 is 0 Å². The third-order valence-electron chi connectivity index (χ3n) is 8.87. The van der Waals surface area contributed by atoms with Crippen molar-refractivity contribution in [3.8, 4) is 61.3 Å². The van der Waals surface area contributed by atoms with Gasteiger partial charge in [-0.15, -0.1) is 10.2 Å². The first-order valence-electron chi connectivity index (χ1n) is 16.1. The minimum atomic E-state index is 0.814. The molecule has 49 heavy (non-hydrogen) atoms. The van der Waals surface area contributed by atoms with Crippen LogP contribution in [0.5, 0.6) is 0 Å². The molecule has 0 atom stereocenters. The van der Waals surface area contributed by atoms with Crippen molar-refractivity contribution in [3.63, 3.8) is 0 Å². The molecule has 0 radical (unpaired) electrons. The summed E-state index contributed by atoms with van der Waals surface area (Å²) < 4.78 is 0. The van der Waals surface area contributed by atoms with E-state index >= 15 is 0 Å². The van der Waals surface area contributed by atoms with Crippen molar-refractivity contribution < 1.29 is 0 Å². The highest BCUT2D eigenvalue weighted by Gasteiger charge is 2.16. The molecule has 0 saturated carbocycles. The molecular weight excluding hydrogens is 601 g/mol. The van der Waals surface area contributed by atoms with E-state index in [0.29, 0.717) is 0 Å². The maximum absolute atomic E-state index is 5.08. The van der Waals surface area contributed by atoms with E-state index in [9.17, 15) is 0 Å². The van der Waals surface area contributed by atoms with Gasteiger partial charge < -0.3 is 0 Å². The fourth-order valence-electron chi connectivity index (χ4n) is 6.35. The van der Waals surface area contributed by atoms with Gasteiger partial charge in [-0.2, -0.15) is 4.80 Å². The number of nitrogens with zero attached hydrogens (tertiary/aromatic N) is 6. The topological polar surface area (TPSA) is 69.4 Å². The van der Waals surface area contributed by atoms with Crippen LogP contribution in [0.15, 0.2) is 171 Å². The van der Waals surface area contributed by atoms with Gasteiger partial charge >= 0.3 is 0 Å². The van der Waals surface area contributed by atoms with E-state index in [-0.39, 0.29) is 0 Å². The van der Waals surface area contributed by atoms with Crippen LogP contribution in [0.3, 0.4) is 0 Å². The summed E-state index contributed by atoms with van der Waals surface area (Å²) in [5.41, 5.74) is 14.2. The van der Waals surface area contributed by atoms with Crippen molar-refractivity contribution in [2.24, 2.45) is 0 Å². The van der Waals surface area contributed by atoms with E-state index in [0.717, 1.165) is 83.3 Å². The average Bonchev–Trinajstić information content (AvgIpc) is 3.63. The molecule has 0 aliphatic carbocycles. The predicted molar refractivity (Wildman–Crippen MR) is 197 cm³/mol. The molecule has 6 heteroatoms. The summed E-state index contributed by atoms with van der Waals surface area (Å²) in [6, 6.07) is 48.2. The van der Waals surface area contributed by atoms with Crippen LogP contribution in [-0.4, -0.2) is 29.9 Å². The molecule has 0 N–H and O–H groups in total. The Morgan fingerprint density at radius 2 is 1.04 bits per heavy atom. The van der Waals surface area contributed by atoms with Gasteiger partial charge in [-0.1, -0.05) is 78.9 Å². The van der Waals surface area contributed by atoms with Crippen molar-refractivity contribution in [3.05, 3.63) is 171 Å². The molecule has 0 amide bonds. The summed E-state index contributed by atoms with van der Waals surface area (Å²) in [5.74, 6) is 0. The lowest BCUT2D eigenvalue weighted by atomic mass is 9.94.